The highest BCUT2D eigenvalue weighted by Gasteiger charge is 2.47. The summed E-state index contributed by atoms with van der Waals surface area (Å²) in [6, 6.07) is 0. The molecule has 4 nitrogen and oxygen atoms in total. The van der Waals surface area contributed by atoms with E-state index in [1.54, 1.807) is 6.20 Å². The molecule has 1 aromatic rings. The normalized spacial score (nSPS) is 28.6. The summed E-state index contributed by atoms with van der Waals surface area (Å²) in [5.41, 5.74) is -1.09. The Balaban J connectivity index is 2.17. The fraction of sp³-hybridized carbons (Fsp3) is 0.733. The molecule has 1 heterocycles. The van der Waals surface area contributed by atoms with Crippen LogP contribution in [-0.2, 0) is 15.1 Å². The lowest BCUT2D eigenvalue weighted by Gasteiger charge is -2.45. The van der Waals surface area contributed by atoms with E-state index in [0.29, 0.717) is 0 Å². The van der Waals surface area contributed by atoms with Gasteiger partial charge in [-0.15, -0.1) is 11.3 Å². The molecule has 1 fully saturated rings. The summed E-state index contributed by atoms with van der Waals surface area (Å²) in [4.78, 5) is 16.1. The van der Waals surface area contributed by atoms with E-state index >= 15 is 0 Å². The minimum absolute atomic E-state index is 0.0872. The summed E-state index contributed by atoms with van der Waals surface area (Å²) in [5, 5.41) is 13.5. The highest BCUT2D eigenvalue weighted by Crippen LogP contribution is 2.49. The molecular formula is C15H23NO3S. The molecule has 0 amide bonds. The van der Waals surface area contributed by atoms with E-state index in [0.717, 1.165) is 24.3 Å². The first-order valence-electron chi connectivity index (χ1n) is 6.99. The molecule has 2 rings (SSSR count). The summed E-state index contributed by atoms with van der Waals surface area (Å²) in [7, 11) is 1.44. The number of hydrogen-bond acceptors (Lipinski definition) is 5. The third-order valence-electron chi connectivity index (χ3n) is 4.67. The van der Waals surface area contributed by atoms with Crippen LogP contribution in [0.25, 0.3) is 0 Å². The summed E-state index contributed by atoms with van der Waals surface area (Å²) < 4.78 is 4.91. The van der Waals surface area contributed by atoms with Crippen molar-refractivity contribution in [3.63, 3.8) is 0 Å². The fourth-order valence-corrected chi connectivity index (χ4v) is 4.12. The molecule has 1 saturated carbocycles. The Hall–Kier alpha value is -0.940. The Morgan fingerprint density at radius 3 is 2.75 bits per heavy atom. The maximum atomic E-state index is 11.9. The first-order chi connectivity index (χ1) is 9.29. The number of rotatable bonds is 3. The number of thiazole rings is 1. The molecule has 1 aliphatic rings. The number of carbonyl (C=O) groups excluding carboxylic acids is 1. The number of esters is 1. The van der Waals surface area contributed by atoms with E-state index in [1.165, 1.54) is 18.4 Å². The van der Waals surface area contributed by atoms with Gasteiger partial charge in [0.05, 0.1) is 13.0 Å². The van der Waals surface area contributed by atoms with Crippen LogP contribution >= 0.6 is 11.3 Å². The van der Waals surface area contributed by atoms with Crippen molar-refractivity contribution in [2.45, 2.75) is 45.6 Å². The number of hydrogen-bond donors (Lipinski definition) is 1. The molecule has 0 unspecified atom stereocenters. The van der Waals surface area contributed by atoms with Gasteiger partial charge in [-0.2, -0.15) is 0 Å². The van der Waals surface area contributed by atoms with Gasteiger partial charge < -0.3 is 9.84 Å². The lowest BCUT2D eigenvalue weighted by atomic mass is 9.61. The third kappa shape index (κ3) is 2.74. The van der Waals surface area contributed by atoms with Crippen LogP contribution in [0.2, 0.25) is 0 Å². The van der Waals surface area contributed by atoms with Crippen LogP contribution < -0.4 is 0 Å². The molecule has 0 spiro atoms. The first-order valence-corrected chi connectivity index (χ1v) is 7.87. The second kappa shape index (κ2) is 5.45. The maximum absolute atomic E-state index is 11.9. The zero-order valence-electron chi connectivity index (χ0n) is 12.5. The van der Waals surface area contributed by atoms with E-state index in [9.17, 15) is 9.90 Å². The number of aromatic nitrogens is 1. The quantitative estimate of drug-likeness (QED) is 0.871. The van der Waals surface area contributed by atoms with Crippen LogP contribution in [0, 0.1) is 17.3 Å². The second-order valence-corrected chi connectivity index (χ2v) is 7.42. The number of nitrogens with zero attached hydrogens (tertiary/aromatic N) is 1. The molecule has 0 bridgehead atoms. The van der Waals surface area contributed by atoms with E-state index in [1.807, 2.05) is 12.3 Å². The summed E-state index contributed by atoms with van der Waals surface area (Å²) in [6.07, 6.45) is 4.08. The molecule has 0 saturated heterocycles. The fourth-order valence-electron chi connectivity index (χ4n) is 3.34. The van der Waals surface area contributed by atoms with Crippen molar-refractivity contribution in [2.24, 2.45) is 17.3 Å². The SMILES string of the molecule is COC(=O)[C@H]1CC[C@@H]([C@](C)(O)c2nccs2)CC1(C)C. The Labute approximate surface area is 124 Å². The number of aliphatic hydroxyl groups is 1. The molecule has 3 atom stereocenters. The largest absolute Gasteiger partial charge is 0.469 e. The van der Waals surface area contributed by atoms with Gasteiger partial charge in [-0.05, 0) is 37.5 Å². The molecule has 5 heteroatoms. The van der Waals surface area contributed by atoms with Gasteiger partial charge in [0.1, 0.15) is 10.6 Å². The van der Waals surface area contributed by atoms with Crippen LogP contribution in [0.3, 0.4) is 0 Å². The second-order valence-electron chi connectivity index (χ2n) is 6.53. The minimum atomic E-state index is -0.924. The smallest absolute Gasteiger partial charge is 0.309 e. The molecule has 20 heavy (non-hydrogen) atoms. The van der Waals surface area contributed by atoms with Crippen molar-refractivity contribution < 1.29 is 14.6 Å². The number of methoxy groups -OCH3 is 1. The highest BCUT2D eigenvalue weighted by molar-refractivity contribution is 7.09. The van der Waals surface area contributed by atoms with E-state index in [4.69, 9.17) is 4.74 Å². The average Bonchev–Trinajstić information content (AvgIpc) is 2.91. The van der Waals surface area contributed by atoms with E-state index < -0.39 is 5.60 Å². The van der Waals surface area contributed by atoms with Crippen molar-refractivity contribution in [3.8, 4) is 0 Å². The molecule has 1 aliphatic carbocycles. The van der Waals surface area contributed by atoms with Gasteiger partial charge in [-0.1, -0.05) is 13.8 Å². The lowest BCUT2D eigenvalue weighted by molar-refractivity contribution is -0.155. The standard InChI is InChI=1S/C15H23NO3S/c1-14(2)9-10(5-6-11(14)12(17)19-4)15(3,18)13-16-7-8-20-13/h7-8,10-11,18H,5-6,9H2,1-4H3/t10-,11-,15+/m1/s1. The van der Waals surface area contributed by atoms with E-state index in [2.05, 4.69) is 18.8 Å². The van der Waals surface area contributed by atoms with Crippen LogP contribution in [-0.4, -0.2) is 23.2 Å². The summed E-state index contributed by atoms with van der Waals surface area (Å²) in [5.74, 6) is -0.109. The van der Waals surface area contributed by atoms with Gasteiger partial charge in [0, 0.05) is 11.6 Å². The lowest BCUT2D eigenvalue weighted by Crippen LogP contribution is -2.44. The Kier molecular flexibility index (Phi) is 4.21. The summed E-state index contributed by atoms with van der Waals surface area (Å²) in [6.45, 7) is 6.00. The molecular weight excluding hydrogens is 274 g/mol. The van der Waals surface area contributed by atoms with Crippen molar-refractivity contribution in [3.05, 3.63) is 16.6 Å². The van der Waals surface area contributed by atoms with Gasteiger partial charge in [-0.25, -0.2) is 4.98 Å². The van der Waals surface area contributed by atoms with Crippen molar-refractivity contribution in [2.75, 3.05) is 7.11 Å². The van der Waals surface area contributed by atoms with Crippen molar-refractivity contribution in [1.82, 2.24) is 4.98 Å². The maximum Gasteiger partial charge on any atom is 0.309 e. The molecule has 1 aromatic heterocycles. The average molecular weight is 297 g/mol. The zero-order valence-corrected chi connectivity index (χ0v) is 13.4. The number of carbonyl (C=O) groups is 1. The predicted molar refractivity (Wildman–Crippen MR) is 78.3 cm³/mol. The monoisotopic (exact) mass is 297 g/mol. The topological polar surface area (TPSA) is 59.4 Å². The molecule has 0 aliphatic heterocycles. The zero-order chi connectivity index (χ0) is 15.0. The van der Waals surface area contributed by atoms with Crippen LogP contribution in [0.5, 0.6) is 0 Å². The molecule has 112 valence electrons. The first kappa shape index (κ1) is 15.4. The van der Waals surface area contributed by atoms with Gasteiger partial charge in [0.2, 0.25) is 0 Å². The van der Waals surface area contributed by atoms with Crippen LogP contribution in [0.4, 0.5) is 0 Å². The Morgan fingerprint density at radius 2 is 2.25 bits per heavy atom. The van der Waals surface area contributed by atoms with Gasteiger partial charge in [-0.3, -0.25) is 4.79 Å². The molecule has 1 N–H and O–H groups in total. The predicted octanol–water partition coefficient (Wildman–Crippen LogP) is 2.97. The van der Waals surface area contributed by atoms with E-state index in [-0.39, 0.29) is 23.2 Å². The van der Waals surface area contributed by atoms with Gasteiger partial charge >= 0.3 is 5.97 Å². The van der Waals surface area contributed by atoms with Crippen molar-refractivity contribution in [1.29, 1.82) is 0 Å². The van der Waals surface area contributed by atoms with Crippen molar-refractivity contribution >= 4 is 17.3 Å². The van der Waals surface area contributed by atoms with Crippen LogP contribution in [0.1, 0.15) is 45.0 Å². The minimum Gasteiger partial charge on any atom is -0.469 e. The Morgan fingerprint density at radius 1 is 1.55 bits per heavy atom. The molecule has 0 radical (unpaired) electrons. The Bertz CT molecular complexity index is 467. The van der Waals surface area contributed by atoms with Gasteiger partial charge in [0.25, 0.3) is 0 Å². The summed E-state index contributed by atoms with van der Waals surface area (Å²) >= 11 is 1.48. The number of ether oxygens (including phenoxy) is 1. The highest BCUT2D eigenvalue weighted by atomic mass is 32.1. The van der Waals surface area contributed by atoms with Crippen LogP contribution in [0.15, 0.2) is 11.6 Å². The van der Waals surface area contributed by atoms with Gasteiger partial charge in [0.15, 0.2) is 0 Å². The molecule has 0 aromatic carbocycles. The third-order valence-corrected chi connectivity index (χ3v) is 5.67.